The Morgan fingerprint density at radius 2 is 2.38 bits per heavy atom. The van der Waals surface area contributed by atoms with Crippen molar-refractivity contribution in [1.82, 2.24) is 0 Å². The van der Waals surface area contributed by atoms with E-state index in [0.29, 0.717) is 4.38 Å². The van der Waals surface area contributed by atoms with Crippen molar-refractivity contribution in [3.05, 3.63) is 0 Å². The summed E-state index contributed by atoms with van der Waals surface area (Å²) in [5.41, 5.74) is 0. The van der Waals surface area contributed by atoms with Crippen LogP contribution in [0.2, 0.25) is 0 Å². The SMILES string of the molecule is CC[C@@H](C)OC(=S)S. The van der Waals surface area contributed by atoms with Crippen LogP contribution in [0.3, 0.4) is 0 Å². The zero-order valence-corrected chi connectivity index (χ0v) is 6.76. The van der Waals surface area contributed by atoms with Gasteiger partial charge in [-0.15, -0.1) is 0 Å². The molecule has 0 fully saturated rings. The van der Waals surface area contributed by atoms with E-state index >= 15 is 0 Å². The van der Waals surface area contributed by atoms with Crippen LogP contribution < -0.4 is 0 Å². The van der Waals surface area contributed by atoms with Crippen LogP contribution in [-0.4, -0.2) is 10.5 Å². The molecule has 0 aliphatic carbocycles. The Morgan fingerprint density at radius 1 is 1.88 bits per heavy atom. The van der Waals surface area contributed by atoms with E-state index in [9.17, 15) is 0 Å². The summed E-state index contributed by atoms with van der Waals surface area (Å²) >= 11 is 8.38. The summed E-state index contributed by atoms with van der Waals surface area (Å²) in [4.78, 5) is 0. The van der Waals surface area contributed by atoms with E-state index in [1.165, 1.54) is 0 Å². The van der Waals surface area contributed by atoms with Crippen molar-refractivity contribution >= 4 is 29.2 Å². The molecule has 0 rings (SSSR count). The smallest absolute Gasteiger partial charge is 0.217 e. The zero-order chi connectivity index (χ0) is 6.57. The predicted octanol–water partition coefficient (Wildman–Crippen LogP) is 2.02. The minimum absolute atomic E-state index is 0.208. The van der Waals surface area contributed by atoms with E-state index in [4.69, 9.17) is 4.74 Å². The summed E-state index contributed by atoms with van der Waals surface area (Å²) in [7, 11) is 0. The van der Waals surface area contributed by atoms with Crippen LogP contribution in [0.15, 0.2) is 0 Å². The lowest BCUT2D eigenvalue weighted by Gasteiger charge is -2.08. The second-order valence-electron chi connectivity index (χ2n) is 1.60. The van der Waals surface area contributed by atoms with Gasteiger partial charge < -0.3 is 4.74 Å². The molecule has 1 nitrogen and oxygen atoms in total. The monoisotopic (exact) mass is 150 g/mol. The van der Waals surface area contributed by atoms with Gasteiger partial charge >= 0.3 is 0 Å². The minimum atomic E-state index is 0.208. The molecule has 0 spiro atoms. The zero-order valence-electron chi connectivity index (χ0n) is 5.05. The summed E-state index contributed by atoms with van der Waals surface area (Å²) in [6.07, 6.45) is 1.18. The van der Waals surface area contributed by atoms with Gasteiger partial charge in [0.25, 0.3) is 0 Å². The fourth-order valence-electron chi connectivity index (χ4n) is 0.255. The van der Waals surface area contributed by atoms with Crippen LogP contribution >= 0.6 is 24.8 Å². The first kappa shape index (κ1) is 8.24. The third-order valence-corrected chi connectivity index (χ3v) is 1.08. The maximum absolute atomic E-state index is 4.99. The Balaban J connectivity index is 3.24. The number of hydrogen-bond acceptors (Lipinski definition) is 2. The van der Waals surface area contributed by atoms with Crippen molar-refractivity contribution < 1.29 is 4.74 Å². The van der Waals surface area contributed by atoms with Crippen LogP contribution in [-0.2, 0) is 4.74 Å². The number of rotatable bonds is 2. The molecule has 0 N–H and O–H groups in total. The number of ether oxygens (including phenoxy) is 1. The van der Waals surface area contributed by atoms with E-state index in [-0.39, 0.29) is 6.10 Å². The van der Waals surface area contributed by atoms with Gasteiger partial charge in [-0.2, -0.15) is 0 Å². The van der Waals surface area contributed by atoms with Gasteiger partial charge in [0.2, 0.25) is 4.38 Å². The van der Waals surface area contributed by atoms with Crippen molar-refractivity contribution in [1.29, 1.82) is 0 Å². The first-order valence-electron chi connectivity index (χ1n) is 2.56. The molecule has 0 saturated heterocycles. The first-order valence-corrected chi connectivity index (χ1v) is 3.42. The third-order valence-electron chi connectivity index (χ3n) is 0.877. The van der Waals surface area contributed by atoms with Gasteiger partial charge in [-0.1, -0.05) is 19.6 Å². The molecule has 3 heteroatoms. The normalized spacial score (nSPS) is 12.9. The van der Waals surface area contributed by atoms with Crippen molar-refractivity contribution in [3.8, 4) is 0 Å². The van der Waals surface area contributed by atoms with E-state index in [1.807, 2.05) is 13.8 Å². The van der Waals surface area contributed by atoms with Crippen LogP contribution in [0.5, 0.6) is 0 Å². The fraction of sp³-hybridized carbons (Fsp3) is 0.800. The molecular weight excluding hydrogens is 140 g/mol. The Kier molecular flexibility index (Phi) is 4.28. The second-order valence-corrected chi connectivity index (χ2v) is 2.68. The van der Waals surface area contributed by atoms with Gasteiger partial charge in [0.1, 0.15) is 0 Å². The van der Waals surface area contributed by atoms with Crippen LogP contribution in [0.25, 0.3) is 0 Å². The number of hydrogen-bond donors (Lipinski definition) is 1. The third kappa shape index (κ3) is 4.40. The highest BCUT2D eigenvalue weighted by atomic mass is 32.1. The van der Waals surface area contributed by atoms with E-state index < -0.39 is 0 Å². The standard InChI is InChI=1S/C5H10OS2/c1-3-4(2)6-5(7)8/h4H,3H2,1-2H3,(H,7,8)/t4-/m1/s1. The molecular formula is C5H10OS2. The van der Waals surface area contributed by atoms with Gasteiger partial charge in [0.05, 0.1) is 6.10 Å². The second kappa shape index (κ2) is 4.15. The van der Waals surface area contributed by atoms with Gasteiger partial charge in [0, 0.05) is 0 Å². The molecule has 8 heavy (non-hydrogen) atoms. The summed E-state index contributed by atoms with van der Waals surface area (Å²) in [5, 5.41) is 0. The lowest BCUT2D eigenvalue weighted by Crippen LogP contribution is -2.07. The number of thiol groups is 1. The molecule has 0 heterocycles. The molecule has 0 aromatic carbocycles. The average Bonchev–Trinajstić information content (AvgIpc) is 1.65. The summed E-state index contributed by atoms with van der Waals surface area (Å²) in [5.74, 6) is 0. The Morgan fingerprint density at radius 3 is 2.50 bits per heavy atom. The molecule has 0 amide bonds. The van der Waals surface area contributed by atoms with Gasteiger partial charge in [-0.25, -0.2) is 0 Å². The summed E-state index contributed by atoms with van der Waals surface area (Å²) in [6, 6.07) is 0. The van der Waals surface area contributed by atoms with E-state index in [0.717, 1.165) is 6.42 Å². The molecule has 48 valence electrons. The molecule has 0 aromatic heterocycles. The molecule has 0 bridgehead atoms. The highest BCUT2D eigenvalue weighted by Gasteiger charge is 1.97. The molecule has 0 unspecified atom stereocenters. The minimum Gasteiger partial charge on any atom is -0.476 e. The number of thiocarbonyl (C=S) groups is 1. The fourth-order valence-corrected chi connectivity index (χ4v) is 0.600. The van der Waals surface area contributed by atoms with Crippen molar-refractivity contribution in [3.63, 3.8) is 0 Å². The van der Waals surface area contributed by atoms with Crippen LogP contribution in [0.4, 0.5) is 0 Å². The van der Waals surface area contributed by atoms with Crippen molar-refractivity contribution in [2.45, 2.75) is 26.4 Å². The highest BCUT2D eigenvalue weighted by Crippen LogP contribution is 1.98. The first-order chi connectivity index (χ1) is 3.66. The maximum atomic E-state index is 4.99. The molecule has 0 aliphatic rings. The van der Waals surface area contributed by atoms with E-state index in [2.05, 4.69) is 24.8 Å². The van der Waals surface area contributed by atoms with Gasteiger partial charge in [0.15, 0.2) is 0 Å². The molecule has 0 aliphatic heterocycles. The van der Waals surface area contributed by atoms with E-state index in [1.54, 1.807) is 0 Å². The van der Waals surface area contributed by atoms with Gasteiger partial charge in [-0.05, 0) is 25.6 Å². The average molecular weight is 150 g/mol. The predicted molar refractivity (Wildman–Crippen MR) is 42.4 cm³/mol. The lowest BCUT2D eigenvalue weighted by molar-refractivity contribution is 0.217. The van der Waals surface area contributed by atoms with Crippen LogP contribution in [0.1, 0.15) is 20.3 Å². The highest BCUT2D eigenvalue weighted by molar-refractivity contribution is 8.10. The van der Waals surface area contributed by atoms with Crippen molar-refractivity contribution in [2.24, 2.45) is 0 Å². The quantitative estimate of drug-likeness (QED) is 0.476. The van der Waals surface area contributed by atoms with Crippen LogP contribution in [0, 0.1) is 0 Å². The Hall–Kier alpha value is 0.240. The summed E-state index contributed by atoms with van der Waals surface area (Å²) < 4.78 is 5.33. The van der Waals surface area contributed by atoms with Crippen molar-refractivity contribution in [2.75, 3.05) is 0 Å². The largest absolute Gasteiger partial charge is 0.476 e. The summed E-state index contributed by atoms with van der Waals surface area (Å²) in [6.45, 7) is 4.00. The molecule has 0 radical (unpaired) electrons. The Labute approximate surface area is 60.8 Å². The Bertz CT molecular complexity index is 82.5. The maximum Gasteiger partial charge on any atom is 0.217 e. The molecule has 0 aromatic rings. The molecule has 1 atom stereocenters. The van der Waals surface area contributed by atoms with Gasteiger partial charge in [-0.3, -0.25) is 0 Å². The lowest BCUT2D eigenvalue weighted by atomic mass is 10.3. The molecule has 0 saturated carbocycles. The topological polar surface area (TPSA) is 9.23 Å².